The standard InChI is InChI=1S/C21H18N6O3/c1-12-6-2-4-8-15(12)24-21-26-17(25-20(22)27-21)11-30-19(29)14-10-18(28)23-16-9-5-3-7-13(14)16/h2-10H,11H2,1H3,(H,23,28)(H3,22,24,25,26,27). The molecule has 0 spiro atoms. The number of nitrogens with two attached hydrogens (primary N) is 1. The van der Waals surface area contributed by atoms with Gasteiger partial charge in [-0.15, -0.1) is 0 Å². The Morgan fingerprint density at radius 3 is 2.70 bits per heavy atom. The molecule has 0 aliphatic heterocycles. The molecule has 9 heteroatoms. The van der Waals surface area contributed by atoms with Crippen LogP contribution in [0.5, 0.6) is 0 Å². The van der Waals surface area contributed by atoms with E-state index in [2.05, 4.69) is 25.3 Å². The highest BCUT2D eigenvalue weighted by atomic mass is 16.5. The Morgan fingerprint density at radius 1 is 1.10 bits per heavy atom. The van der Waals surface area contributed by atoms with Gasteiger partial charge < -0.3 is 20.8 Å². The second-order valence-corrected chi connectivity index (χ2v) is 6.54. The fourth-order valence-electron chi connectivity index (χ4n) is 2.97. The zero-order valence-corrected chi connectivity index (χ0v) is 16.0. The predicted octanol–water partition coefficient (Wildman–Crippen LogP) is 2.70. The van der Waals surface area contributed by atoms with Gasteiger partial charge in [-0.1, -0.05) is 36.4 Å². The smallest absolute Gasteiger partial charge is 0.339 e. The van der Waals surface area contributed by atoms with Crippen LogP contribution in [0.1, 0.15) is 21.7 Å². The molecule has 9 nitrogen and oxygen atoms in total. The predicted molar refractivity (Wildman–Crippen MR) is 112 cm³/mol. The third-order valence-corrected chi connectivity index (χ3v) is 4.39. The van der Waals surface area contributed by atoms with Crippen LogP contribution in [0.4, 0.5) is 17.6 Å². The first kappa shape index (κ1) is 19.1. The monoisotopic (exact) mass is 402 g/mol. The number of esters is 1. The van der Waals surface area contributed by atoms with Gasteiger partial charge in [0.1, 0.15) is 0 Å². The molecule has 0 radical (unpaired) electrons. The largest absolute Gasteiger partial charge is 0.454 e. The Balaban J connectivity index is 1.54. The molecule has 2 aromatic heterocycles. The minimum atomic E-state index is -0.662. The summed E-state index contributed by atoms with van der Waals surface area (Å²) < 4.78 is 5.33. The number of fused-ring (bicyclic) bond motifs is 1. The van der Waals surface area contributed by atoms with E-state index in [9.17, 15) is 9.59 Å². The Hall–Kier alpha value is -4.27. The number of carbonyl (C=O) groups excluding carboxylic acids is 1. The van der Waals surface area contributed by atoms with Crippen molar-refractivity contribution in [2.75, 3.05) is 11.1 Å². The number of ether oxygens (including phenoxy) is 1. The van der Waals surface area contributed by atoms with Gasteiger partial charge in [-0.2, -0.15) is 15.0 Å². The first-order valence-electron chi connectivity index (χ1n) is 9.12. The van der Waals surface area contributed by atoms with Crippen molar-refractivity contribution in [3.05, 3.63) is 81.9 Å². The molecule has 4 N–H and O–H groups in total. The second-order valence-electron chi connectivity index (χ2n) is 6.54. The zero-order valence-electron chi connectivity index (χ0n) is 16.0. The maximum Gasteiger partial charge on any atom is 0.339 e. The summed E-state index contributed by atoms with van der Waals surface area (Å²) in [5.74, 6) is -0.246. The lowest BCUT2D eigenvalue weighted by molar-refractivity contribution is 0.0464. The van der Waals surface area contributed by atoms with E-state index >= 15 is 0 Å². The van der Waals surface area contributed by atoms with Crippen molar-refractivity contribution in [3.63, 3.8) is 0 Å². The molecule has 30 heavy (non-hydrogen) atoms. The minimum Gasteiger partial charge on any atom is -0.454 e. The quantitative estimate of drug-likeness (QED) is 0.434. The van der Waals surface area contributed by atoms with Crippen LogP contribution in [-0.2, 0) is 11.3 Å². The average molecular weight is 402 g/mol. The summed E-state index contributed by atoms with van der Waals surface area (Å²) >= 11 is 0. The maximum atomic E-state index is 12.6. The second kappa shape index (κ2) is 8.00. The number of aromatic amines is 1. The molecule has 0 atom stereocenters. The summed E-state index contributed by atoms with van der Waals surface area (Å²) in [5, 5.41) is 3.66. The van der Waals surface area contributed by atoms with Crippen LogP contribution >= 0.6 is 0 Å². The lowest BCUT2D eigenvalue weighted by Gasteiger charge is -2.10. The molecule has 0 bridgehead atoms. The number of anilines is 3. The molecule has 0 saturated heterocycles. The number of aryl methyl sites for hydroxylation is 1. The molecule has 0 aliphatic rings. The number of pyridine rings is 1. The van der Waals surface area contributed by atoms with E-state index in [0.717, 1.165) is 11.3 Å². The highest BCUT2D eigenvalue weighted by Crippen LogP contribution is 2.19. The maximum absolute atomic E-state index is 12.6. The summed E-state index contributed by atoms with van der Waals surface area (Å²) in [7, 11) is 0. The van der Waals surface area contributed by atoms with E-state index in [-0.39, 0.29) is 29.9 Å². The lowest BCUT2D eigenvalue weighted by atomic mass is 10.1. The van der Waals surface area contributed by atoms with E-state index in [1.54, 1.807) is 24.3 Å². The van der Waals surface area contributed by atoms with Gasteiger partial charge in [-0.25, -0.2) is 4.79 Å². The molecule has 150 valence electrons. The highest BCUT2D eigenvalue weighted by molar-refractivity contribution is 6.03. The third-order valence-electron chi connectivity index (χ3n) is 4.39. The first-order chi connectivity index (χ1) is 14.5. The van der Waals surface area contributed by atoms with E-state index in [4.69, 9.17) is 10.5 Å². The number of nitrogens with zero attached hydrogens (tertiary/aromatic N) is 3. The Kier molecular flexibility index (Phi) is 5.08. The van der Waals surface area contributed by atoms with Crippen LogP contribution in [0.15, 0.2) is 59.4 Å². The van der Waals surface area contributed by atoms with E-state index in [1.165, 1.54) is 6.07 Å². The van der Waals surface area contributed by atoms with Crippen molar-refractivity contribution >= 4 is 34.5 Å². The lowest BCUT2D eigenvalue weighted by Crippen LogP contribution is -2.14. The summed E-state index contributed by atoms with van der Waals surface area (Å²) in [6, 6.07) is 15.8. The van der Waals surface area contributed by atoms with Gasteiger partial charge in [0, 0.05) is 22.7 Å². The van der Waals surface area contributed by atoms with Gasteiger partial charge >= 0.3 is 5.97 Å². The number of para-hydroxylation sites is 2. The average Bonchev–Trinajstić information content (AvgIpc) is 2.72. The number of nitrogens with one attached hydrogen (secondary N) is 2. The minimum absolute atomic E-state index is 0.00580. The van der Waals surface area contributed by atoms with E-state index in [0.29, 0.717) is 10.9 Å². The molecule has 0 unspecified atom stereocenters. The fraction of sp³-hybridized carbons (Fsp3) is 0.0952. The summed E-state index contributed by atoms with van der Waals surface area (Å²) in [6.07, 6.45) is 0. The number of H-pyrrole nitrogens is 1. The van der Waals surface area contributed by atoms with Crippen LogP contribution in [0.3, 0.4) is 0 Å². The van der Waals surface area contributed by atoms with Crippen molar-refractivity contribution in [1.82, 2.24) is 19.9 Å². The fourth-order valence-corrected chi connectivity index (χ4v) is 2.97. The molecule has 0 amide bonds. The molecule has 0 fully saturated rings. The molecule has 4 aromatic rings. The third kappa shape index (κ3) is 4.09. The van der Waals surface area contributed by atoms with E-state index < -0.39 is 11.5 Å². The van der Waals surface area contributed by atoms with Gasteiger partial charge in [0.25, 0.3) is 0 Å². The molecule has 4 rings (SSSR count). The van der Waals surface area contributed by atoms with Crippen LogP contribution < -0.4 is 16.6 Å². The summed E-state index contributed by atoms with van der Waals surface area (Å²) in [4.78, 5) is 39.5. The Bertz CT molecular complexity index is 1300. The highest BCUT2D eigenvalue weighted by Gasteiger charge is 2.15. The van der Waals surface area contributed by atoms with Gasteiger partial charge in [0.15, 0.2) is 12.4 Å². The Labute approximate surface area is 171 Å². The number of hydrogen-bond donors (Lipinski definition) is 3. The van der Waals surface area contributed by atoms with Crippen LogP contribution in [0.2, 0.25) is 0 Å². The first-order valence-corrected chi connectivity index (χ1v) is 9.12. The SMILES string of the molecule is Cc1ccccc1Nc1nc(N)nc(COC(=O)c2cc(=O)[nH]c3ccccc23)n1. The van der Waals surface area contributed by atoms with Crippen molar-refractivity contribution in [2.24, 2.45) is 0 Å². The van der Waals surface area contributed by atoms with E-state index in [1.807, 2.05) is 31.2 Å². The van der Waals surface area contributed by atoms with Gasteiger partial charge in [0.2, 0.25) is 17.5 Å². The number of nitrogen functional groups attached to an aromatic ring is 1. The number of benzene rings is 2. The number of carbonyl (C=O) groups is 1. The van der Waals surface area contributed by atoms with Gasteiger partial charge in [-0.3, -0.25) is 4.79 Å². The van der Waals surface area contributed by atoms with Crippen LogP contribution in [0, 0.1) is 6.92 Å². The van der Waals surface area contributed by atoms with Crippen LogP contribution in [0.25, 0.3) is 10.9 Å². The van der Waals surface area contributed by atoms with Crippen molar-refractivity contribution < 1.29 is 9.53 Å². The molecule has 2 aromatic carbocycles. The number of hydrogen-bond acceptors (Lipinski definition) is 8. The topological polar surface area (TPSA) is 136 Å². The molecule has 0 saturated carbocycles. The molecular weight excluding hydrogens is 384 g/mol. The summed E-state index contributed by atoms with van der Waals surface area (Å²) in [5.41, 5.74) is 7.92. The molecular formula is C21H18N6O3. The summed E-state index contributed by atoms with van der Waals surface area (Å²) in [6.45, 7) is 1.72. The van der Waals surface area contributed by atoms with Crippen LogP contribution in [-0.4, -0.2) is 25.9 Å². The molecule has 2 heterocycles. The number of aromatic nitrogens is 4. The molecule has 0 aliphatic carbocycles. The van der Waals surface area contributed by atoms with Crippen molar-refractivity contribution in [3.8, 4) is 0 Å². The van der Waals surface area contributed by atoms with Crippen molar-refractivity contribution in [2.45, 2.75) is 13.5 Å². The number of rotatable bonds is 5. The van der Waals surface area contributed by atoms with Crippen molar-refractivity contribution in [1.29, 1.82) is 0 Å². The Morgan fingerprint density at radius 2 is 1.87 bits per heavy atom. The normalized spacial score (nSPS) is 10.7. The zero-order chi connectivity index (χ0) is 21.1. The van der Waals surface area contributed by atoms with Gasteiger partial charge in [-0.05, 0) is 24.6 Å². The van der Waals surface area contributed by atoms with Gasteiger partial charge in [0.05, 0.1) is 5.56 Å².